The van der Waals surface area contributed by atoms with Crippen LogP contribution in [0.1, 0.15) is 279 Å². The van der Waals surface area contributed by atoms with Crippen LogP contribution < -0.4 is 0 Å². The lowest BCUT2D eigenvalue weighted by Crippen LogP contribution is -2.30. The first-order valence-corrected chi connectivity index (χ1v) is 25.2. The lowest BCUT2D eigenvalue weighted by atomic mass is 10.0. The molecule has 6 nitrogen and oxygen atoms in total. The summed E-state index contributed by atoms with van der Waals surface area (Å²) in [7, 11) is 0. The Labute approximate surface area is 355 Å². The molecule has 0 rings (SSSR count). The van der Waals surface area contributed by atoms with E-state index >= 15 is 0 Å². The van der Waals surface area contributed by atoms with Crippen molar-refractivity contribution in [3.8, 4) is 0 Å². The van der Waals surface area contributed by atoms with Crippen LogP contribution in [0.5, 0.6) is 0 Å². The Morgan fingerprint density at radius 2 is 0.579 bits per heavy atom. The molecule has 57 heavy (non-hydrogen) atoms. The van der Waals surface area contributed by atoms with E-state index in [9.17, 15) is 14.4 Å². The summed E-state index contributed by atoms with van der Waals surface area (Å²) < 4.78 is 16.8. The van der Waals surface area contributed by atoms with Crippen LogP contribution in [-0.4, -0.2) is 37.2 Å². The van der Waals surface area contributed by atoms with E-state index in [4.69, 9.17) is 14.2 Å². The van der Waals surface area contributed by atoms with Crippen molar-refractivity contribution in [3.05, 3.63) is 0 Å². The molecule has 0 heterocycles. The monoisotopic (exact) mass is 807 g/mol. The fourth-order valence-corrected chi connectivity index (χ4v) is 7.64. The highest BCUT2D eigenvalue weighted by Crippen LogP contribution is 2.17. The summed E-state index contributed by atoms with van der Waals surface area (Å²) >= 11 is 0. The number of carbonyl (C=O) groups excluding carboxylic acids is 3. The standard InChI is InChI=1S/C51H98O6/c1-6-7-8-9-10-11-12-13-14-15-16-17-18-19-26-31-36-41-49(52)55-44-48(57-51(54)43-38-33-28-23-21-25-30-35-40-47(4)5)45-56-50(53)42-37-32-27-22-20-24-29-34-39-46(2)3/h46-48H,6-45H2,1-5H3/t48-/m0/s1. The maximum absolute atomic E-state index is 12.7. The summed E-state index contributed by atoms with van der Waals surface area (Å²) in [5, 5.41) is 0. The van der Waals surface area contributed by atoms with Crippen molar-refractivity contribution in [3.63, 3.8) is 0 Å². The predicted molar refractivity (Wildman–Crippen MR) is 243 cm³/mol. The molecule has 6 heteroatoms. The van der Waals surface area contributed by atoms with Gasteiger partial charge in [0.25, 0.3) is 0 Å². The second-order valence-corrected chi connectivity index (χ2v) is 18.4. The molecular formula is C51H98O6. The summed E-state index contributed by atoms with van der Waals surface area (Å²) in [6, 6.07) is 0. The zero-order valence-electron chi connectivity index (χ0n) is 39.0. The highest BCUT2D eigenvalue weighted by Gasteiger charge is 2.19. The molecular weight excluding hydrogens is 709 g/mol. The molecule has 0 saturated heterocycles. The van der Waals surface area contributed by atoms with E-state index in [1.807, 2.05) is 0 Å². The van der Waals surface area contributed by atoms with Crippen molar-refractivity contribution < 1.29 is 28.6 Å². The fraction of sp³-hybridized carbons (Fsp3) is 0.941. The summed E-state index contributed by atoms with van der Waals surface area (Å²) in [6.07, 6.45) is 43.9. The third-order valence-electron chi connectivity index (χ3n) is 11.5. The Morgan fingerprint density at radius 1 is 0.333 bits per heavy atom. The number of esters is 3. The van der Waals surface area contributed by atoms with Crippen molar-refractivity contribution in [2.45, 2.75) is 285 Å². The second-order valence-electron chi connectivity index (χ2n) is 18.4. The third-order valence-corrected chi connectivity index (χ3v) is 11.5. The number of carbonyl (C=O) groups is 3. The first-order valence-electron chi connectivity index (χ1n) is 25.2. The SMILES string of the molecule is CCCCCCCCCCCCCCCCCCCC(=O)OC[C@@H](COC(=O)CCCCCCCCCCC(C)C)OC(=O)CCCCCCCCCCC(C)C. The van der Waals surface area contributed by atoms with E-state index in [0.29, 0.717) is 19.3 Å². The average Bonchev–Trinajstić information content (AvgIpc) is 3.18. The molecule has 0 aromatic heterocycles. The largest absolute Gasteiger partial charge is 0.462 e. The molecule has 0 N–H and O–H groups in total. The molecule has 0 aromatic rings. The van der Waals surface area contributed by atoms with E-state index in [-0.39, 0.29) is 31.1 Å². The summed E-state index contributed by atoms with van der Waals surface area (Å²) in [6.45, 7) is 11.3. The van der Waals surface area contributed by atoms with Crippen LogP contribution in [0, 0.1) is 11.8 Å². The summed E-state index contributed by atoms with van der Waals surface area (Å²) in [4.78, 5) is 37.8. The van der Waals surface area contributed by atoms with Crippen molar-refractivity contribution in [1.29, 1.82) is 0 Å². The molecule has 1 atom stereocenters. The van der Waals surface area contributed by atoms with Gasteiger partial charge in [0.05, 0.1) is 0 Å². The molecule has 0 fully saturated rings. The lowest BCUT2D eigenvalue weighted by molar-refractivity contribution is -0.167. The summed E-state index contributed by atoms with van der Waals surface area (Å²) in [5.41, 5.74) is 0. The molecule has 0 aliphatic heterocycles. The topological polar surface area (TPSA) is 78.9 Å². The van der Waals surface area contributed by atoms with Crippen LogP contribution in [-0.2, 0) is 28.6 Å². The first-order chi connectivity index (χ1) is 27.7. The van der Waals surface area contributed by atoms with Gasteiger partial charge < -0.3 is 14.2 Å². The Kier molecular flexibility index (Phi) is 42.7. The fourth-order valence-electron chi connectivity index (χ4n) is 7.64. The zero-order chi connectivity index (χ0) is 41.9. The summed E-state index contributed by atoms with van der Waals surface area (Å²) in [5.74, 6) is 0.735. The quantitative estimate of drug-likeness (QED) is 0.0346. The van der Waals surface area contributed by atoms with Gasteiger partial charge in [-0.2, -0.15) is 0 Å². The van der Waals surface area contributed by atoms with Crippen LogP contribution in [0.25, 0.3) is 0 Å². The van der Waals surface area contributed by atoms with Gasteiger partial charge in [-0.1, -0.05) is 240 Å². The molecule has 0 radical (unpaired) electrons. The molecule has 338 valence electrons. The lowest BCUT2D eigenvalue weighted by Gasteiger charge is -2.18. The van der Waals surface area contributed by atoms with Crippen molar-refractivity contribution in [2.24, 2.45) is 11.8 Å². The number of hydrogen-bond donors (Lipinski definition) is 0. The van der Waals surface area contributed by atoms with Crippen LogP contribution in [0.4, 0.5) is 0 Å². The maximum atomic E-state index is 12.7. The third kappa shape index (κ3) is 45.3. The number of ether oxygens (including phenoxy) is 3. The Balaban J connectivity index is 4.27. The Hall–Kier alpha value is -1.59. The molecule has 0 aromatic carbocycles. The van der Waals surface area contributed by atoms with Crippen LogP contribution >= 0.6 is 0 Å². The number of rotatable bonds is 45. The molecule has 0 bridgehead atoms. The minimum absolute atomic E-state index is 0.0647. The van der Waals surface area contributed by atoms with E-state index in [1.54, 1.807) is 0 Å². The maximum Gasteiger partial charge on any atom is 0.306 e. The van der Waals surface area contributed by atoms with Gasteiger partial charge in [0, 0.05) is 19.3 Å². The van der Waals surface area contributed by atoms with Gasteiger partial charge in [-0.25, -0.2) is 0 Å². The normalized spacial score (nSPS) is 12.1. The van der Waals surface area contributed by atoms with Crippen molar-refractivity contribution in [2.75, 3.05) is 13.2 Å². The van der Waals surface area contributed by atoms with Gasteiger partial charge >= 0.3 is 17.9 Å². The smallest absolute Gasteiger partial charge is 0.306 e. The highest BCUT2D eigenvalue weighted by atomic mass is 16.6. The van der Waals surface area contributed by atoms with Gasteiger partial charge in [0.1, 0.15) is 13.2 Å². The van der Waals surface area contributed by atoms with Crippen molar-refractivity contribution >= 4 is 17.9 Å². The van der Waals surface area contributed by atoms with Crippen LogP contribution in [0.2, 0.25) is 0 Å². The molecule has 0 saturated carbocycles. The van der Waals surface area contributed by atoms with E-state index in [0.717, 1.165) is 69.6 Å². The zero-order valence-corrected chi connectivity index (χ0v) is 39.0. The minimum atomic E-state index is -0.762. The average molecular weight is 807 g/mol. The molecule has 0 unspecified atom stereocenters. The van der Waals surface area contributed by atoms with Gasteiger partial charge in [-0.15, -0.1) is 0 Å². The van der Waals surface area contributed by atoms with Gasteiger partial charge in [0.2, 0.25) is 0 Å². The molecule has 0 aliphatic carbocycles. The van der Waals surface area contributed by atoms with E-state index in [1.165, 1.54) is 167 Å². The van der Waals surface area contributed by atoms with Gasteiger partial charge in [-0.3, -0.25) is 14.4 Å². The first kappa shape index (κ1) is 55.4. The highest BCUT2D eigenvalue weighted by molar-refractivity contribution is 5.71. The van der Waals surface area contributed by atoms with Gasteiger partial charge in [-0.05, 0) is 31.1 Å². The van der Waals surface area contributed by atoms with Gasteiger partial charge in [0.15, 0.2) is 6.10 Å². The minimum Gasteiger partial charge on any atom is -0.462 e. The molecule has 0 amide bonds. The van der Waals surface area contributed by atoms with Crippen molar-refractivity contribution in [1.82, 2.24) is 0 Å². The molecule has 0 aliphatic rings. The van der Waals surface area contributed by atoms with E-state index in [2.05, 4.69) is 34.6 Å². The number of hydrogen-bond acceptors (Lipinski definition) is 6. The van der Waals surface area contributed by atoms with Crippen LogP contribution in [0.3, 0.4) is 0 Å². The predicted octanol–water partition coefficient (Wildman–Crippen LogP) is 16.1. The number of unbranched alkanes of at least 4 members (excludes halogenated alkanes) is 30. The Bertz CT molecular complexity index is 870. The Morgan fingerprint density at radius 3 is 0.860 bits per heavy atom. The van der Waals surface area contributed by atoms with E-state index < -0.39 is 6.10 Å². The molecule has 0 spiro atoms. The second kappa shape index (κ2) is 44.0. The van der Waals surface area contributed by atoms with Crippen LogP contribution in [0.15, 0.2) is 0 Å².